The molecule has 0 aliphatic carbocycles. The average molecular weight is 422 g/mol. The number of benzene rings is 1. The molecule has 134 valence electrons. The molecule has 1 aliphatic heterocycles. The average Bonchev–Trinajstić information content (AvgIpc) is 2.46. The smallest absolute Gasteiger partial charge is 0.410 e. The fraction of sp³-hybridized carbons (Fsp3) is 0.588. The topological polar surface area (TPSA) is 32.8 Å². The summed E-state index contributed by atoms with van der Waals surface area (Å²) in [5, 5.41) is 0.105. The molecular weight excluding hydrogens is 399 g/mol. The summed E-state index contributed by atoms with van der Waals surface area (Å²) in [6.07, 6.45) is -0.299. The van der Waals surface area contributed by atoms with Gasteiger partial charge in [-0.3, -0.25) is 4.90 Å². The molecule has 1 saturated heterocycles. The maximum absolute atomic E-state index is 14.2. The van der Waals surface area contributed by atoms with Gasteiger partial charge in [0, 0.05) is 42.3 Å². The Hall–Kier alpha value is -0.850. The van der Waals surface area contributed by atoms with Crippen molar-refractivity contribution in [1.29, 1.82) is 0 Å². The number of hydrogen-bond donors (Lipinski definition) is 0. The van der Waals surface area contributed by atoms with Crippen LogP contribution in [0.25, 0.3) is 0 Å². The van der Waals surface area contributed by atoms with Crippen LogP contribution < -0.4 is 0 Å². The number of hydrogen-bond acceptors (Lipinski definition) is 3. The van der Waals surface area contributed by atoms with E-state index in [1.54, 1.807) is 17.0 Å². The van der Waals surface area contributed by atoms with Crippen LogP contribution in [0.5, 0.6) is 0 Å². The van der Waals surface area contributed by atoms with Gasteiger partial charge in [-0.25, -0.2) is 9.18 Å². The van der Waals surface area contributed by atoms with Crippen LogP contribution in [0.4, 0.5) is 9.18 Å². The molecule has 1 unspecified atom stereocenters. The third-order valence-corrected chi connectivity index (χ3v) is 5.11. The number of carbonyl (C=O) groups excluding carboxylic acids is 1. The highest BCUT2D eigenvalue weighted by Crippen LogP contribution is 2.28. The number of ether oxygens (including phenoxy) is 1. The third-order valence-electron chi connectivity index (χ3n) is 3.85. The SMILES string of the molecule is CC1CN(Cc2ccc(Br)c(Cl)c2F)CCN1C(=O)OC(C)(C)C. The maximum Gasteiger partial charge on any atom is 0.410 e. The Morgan fingerprint density at radius 2 is 2.08 bits per heavy atom. The number of piperazine rings is 1. The van der Waals surface area contributed by atoms with Crippen LogP contribution in [-0.2, 0) is 11.3 Å². The predicted octanol–water partition coefficient (Wildman–Crippen LogP) is 4.68. The maximum atomic E-state index is 14.2. The Labute approximate surface area is 156 Å². The van der Waals surface area contributed by atoms with Crippen molar-refractivity contribution in [3.05, 3.63) is 33.0 Å². The molecule has 24 heavy (non-hydrogen) atoms. The van der Waals surface area contributed by atoms with Gasteiger partial charge in [-0.15, -0.1) is 0 Å². The second kappa shape index (κ2) is 7.58. The van der Waals surface area contributed by atoms with Crippen molar-refractivity contribution in [2.75, 3.05) is 19.6 Å². The van der Waals surface area contributed by atoms with Crippen LogP contribution in [0.3, 0.4) is 0 Å². The zero-order valence-electron chi connectivity index (χ0n) is 14.4. The van der Waals surface area contributed by atoms with E-state index in [0.717, 1.165) is 0 Å². The van der Waals surface area contributed by atoms with Crippen LogP contribution in [0.1, 0.15) is 33.3 Å². The summed E-state index contributed by atoms with van der Waals surface area (Å²) in [6, 6.07) is 3.49. The van der Waals surface area contributed by atoms with Gasteiger partial charge < -0.3 is 9.64 Å². The quantitative estimate of drug-likeness (QED) is 0.650. The van der Waals surface area contributed by atoms with Crippen LogP contribution in [0.2, 0.25) is 5.02 Å². The summed E-state index contributed by atoms with van der Waals surface area (Å²) in [5.41, 5.74) is 0.0479. The molecule has 0 aromatic heterocycles. The van der Waals surface area contributed by atoms with Crippen molar-refractivity contribution < 1.29 is 13.9 Å². The van der Waals surface area contributed by atoms with Gasteiger partial charge in [0.1, 0.15) is 11.4 Å². The molecule has 0 radical (unpaired) electrons. The molecule has 0 saturated carbocycles. The van der Waals surface area contributed by atoms with Gasteiger partial charge >= 0.3 is 6.09 Å². The van der Waals surface area contributed by atoms with E-state index < -0.39 is 11.4 Å². The minimum atomic E-state index is -0.509. The first kappa shape index (κ1) is 19.5. The summed E-state index contributed by atoms with van der Waals surface area (Å²) in [4.78, 5) is 16.1. The third kappa shape index (κ3) is 4.83. The molecule has 1 heterocycles. The standard InChI is InChI=1S/C17H23BrClFN2O2/c1-11-9-21(7-8-22(11)16(23)24-17(2,3)4)10-12-5-6-13(18)14(19)15(12)20/h5-6,11H,7-10H2,1-4H3. The summed E-state index contributed by atoms with van der Waals surface area (Å²) in [7, 11) is 0. The Kier molecular flexibility index (Phi) is 6.15. The first-order valence-electron chi connectivity index (χ1n) is 7.93. The highest BCUT2D eigenvalue weighted by molar-refractivity contribution is 9.10. The number of amides is 1. The molecular formula is C17H23BrClFN2O2. The molecule has 1 aromatic carbocycles. The van der Waals surface area contributed by atoms with Crippen LogP contribution in [-0.4, -0.2) is 47.2 Å². The lowest BCUT2D eigenvalue weighted by atomic mass is 10.1. The van der Waals surface area contributed by atoms with E-state index in [1.165, 1.54) is 0 Å². The van der Waals surface area contributed by atoms with Crippen LogP contribution >= 0.6 is 27.5 Å². The molecule has 1 aromatic rings. The molecule has 0 N–H and O–H groups in total. The van der Waals surface area contributed by atoms with E-state index in [1.807, 2.05) is 27.7 Å². The molecule has 0 spiro atoms. The summed E-state index contributed by atoms with van der Waals surface area (Å²) in [6.45, 7) is 9.88. The summed E-state index contributed by atoms with van der Waals surface area (Å²) < 4.78 is 20.2. The highest BCUT2D eigenvalue weighted by Gasteiger charge is 2.31. The lowest BCUT2D eigenvalue weighted by Crippen LogP contribution is -2.54. The zero-order valence-corrected chi connectivity index (χ0v) is 16.7. The van der Waals surface area contributed by atoms with Crippen molar-refractivity contribution in [2.45, 2.75) is 45.9 Å². The van der Waals surface area contributed by atoms with Gasteiger partial charge in [0.2, 0.25) is 0 Å². The molecule has 1 atom stereocenters. The normalized spacial score (nSPS) is 19.5. The number of nitrogens with zero attached hydrogens (tertiary/aromatic N) is 2. The van der Waals surface area contributed by atoms with Gasteiger partial charge in [-0.05, 0) is 49.7 Å². The van der Waals surface area contributed by atoms with Gasteiger partial charge in [0.05, 0.1) is 5.02 Å². The zero-order chi connectivity index (χ0) is 18.1. The molecule has 1 aliphatic rings. The van der Waals surface area contributed by atoms with Crippen molar-refractivity contribution in [3.63, 3.8) is 0 Å². The van der Waals surface area contributed by atoms with Crippen molar-refractivity contribution in [3.8, 4) is 0 Å². The molecule has 0 bridgehead atoms. The number of carbonyl (C=O) groups is 1. The fourth-order valence-corrected chi connectivity index (χ4v) is 3.19. The molecule has 2 rings (SSSR count). The molecule has 1 fully saturated rings. The number of halogens is 3. The minimum absolute atomic E-state index is 0.00239. The van der Waals surface area contributed by atoms with E-state index in [2.05, 4.69) is 20.8 Å². The Bertz CT molecular complexity index is 621. The van der Waals surface area contributed by atoms with E-state index in [4.69, 9.17) is 16.3 Å². The first-order chi connectivity index (χ1) is 11.1. The van der Waals surface area contributed by atoms with Gasteiger partial charge in [-0.1, -0.05) is 17.7 Å². The Balaban J connectivity index is 1.99. The Morgan fingerprint density at radius 1 is 1.42 bits per heavy atom. The predicted molar refractivity (Wildman–Crippen MR) is 96.8 cm³/mol. The molecule has 1 amide bonds. The van der Waals surface area contributed by atoms with E-state index in [-0.39, 0.29) is 17.2 Å². The van der Waals surface area contributed by atoms with Gasteiger partial charge in [0.15, 0.2) is 0 Å². The highest BCUT2D eigenvalue weighted by atomic mass is 79.9. The molecule has 4 nitrogen and oxygen atoms in total. The monoisotopic (exact) mass is 420 g/mol. The Morgan fingerprint density at radius 3 is 2.67 bits per heavy atom. The summed E-state index contributed by atoms with van der Waals surface area (Å²) >= 11 is 9.16. The second-order valence-corrected chi connectivity index (χ2v) is 8.32. The fourth-order valence-electron chi connectivity index (χ4n) is 2.70. The first-order valence-corrected chi connectivity index (χ1v) is 9.10. The van der Waals surface area contributed by atoms with E-state index in [0.29, 0.717) is 36.2 Å². The van der Waals surface area contributed by atoms with Gasteiger partial charge in [0.25, 0.3) is 0 Å². The number of rotatable bonds is 2. The van der Waals surface area contributed by atoms with Crippen molar-refractivity contribution in [2.24, 2.45) is 0 Å². The van der Waals surface area contributed by atoms with E-state index in [9.17, 15) is 9.18 Å². The minimum Gasteiger partial charge on any atom is -0.444 e. The van der Waals surface area contributed by atoms with Crippen LogP contribution in [0, 0.1) is 5.82 Å². The summed E-state index contributed by atoms with van der Waals surface area (Å²) in [5.74, 6) is -0.395. The molecule has 7 heteroatoms. The van der Waals surface area contributed by atoms with E-state index >= 15 is 0 Å². The van der Waals surface area contributed by atoms with Crippen molar-refractivity contribution >= 4 is 33.6 Å². The second-order valence-electron chi connectivity index (χ2n) is 7.09. The van der Waals surface area contributed by atoms with Crippen LogP contribution in [0.15, 0.2) is 16.6 Å². The lowest BCUT2D eigenvalue weighted by molar-refractivity contribution is 0.000442. The lowest BCUT2D eigenvalue weighted by Gasteiger charge is -2.40. The van der Waals surface area contributed by atoms with Crippen molar-refractivity contribution in [1.82, 2.24) is 9.80 Å². The largest absolute Gasteiger partial charge is 0.444 e. The van der Waals surface area contributed by atoms with Gasteiger partial charge in [-0.2, -0.15) is 0 Å².